The van der Waals surface area contributed by atoms with Crippen LogP contribution in [-0.2, 0) is 0 Å². The van der Waals surface area contributed by atoms with E-state index < -0.39 is 25.6 Å². The van der Waals surface area contributed by atoms with E-state index in [2.05, 4.69) is 5.73 Å². The van der Waals surface area contributed by atoms with Gasteiger partial charge in [-0.1, -0.05) is 0 Å². The van der Waals surface area contributed by atoms with Gasteiger partial charge in [-0.05, 0) is 0 Å². The molecule has 0 rings (SSSR count). The summed E-state index contributed by atoms with van der Waals surface area (Å²) in [6, 6.07) is 0. The molecule has 0 amide bonds. The summed E-state index contributed by atoms with van der Waals surface area (Å²) in [6.45, 7) is -1.75. The third-order valence-electron chi connectivity index (χ3n) is 0.765. The third-order valence-corrected chi connectivity index (χ3v) is 0.765. The van der Waals surface area contributed by atoms with Gasteiger partial charge in [0.25, 0.3) is 0 Å². The van der Waals surface area contributed by atoms with Crippen molar-refractivity contribution in [2.24, 2.45) is 5.73 Å². The average Bonchev–Trinajstić information content (AvgIpc) is 1.84. The number of hydrogen-bond acceptors (Lipinski definition) is 1. The first-order valence-electron chi connectivity index (χ1n) is 2.26. The van der Waals surface area contributed by atoms with Gasteiger partial charge in [-0.3, -0.25) is 0 Å². The maximum atomic E-state index is 11.8. The molecular weight excluding hydrogens is 119 g/mol. The Bertz CT molecular complexity index is 51.2. The van der Waals surface area contributed by atoms with Crippen LogP contribution in [0.25, 0.3) is 0 Å². The monoisotopic (exact) mass is 127 g/mol. The molecule has 0 fully saturated rings. The molecule has 0 bridgehead atoms. The van der Waals surface area contributed by atoms with Crippen molar-refractivity contribution in [3.05, 3.63) is 0 Å². The number of nitrogens with two attached hydrogens (primary N) is 1. The van der Waals surface area contributed by atoms with Crippen LogP contribution >= 0.6 is 0 Å². The fraction of sp³-hybridized carbons (Fsp3) is 1.00. The lowest BCUT2D eigenvalue weighted by Gasteiger charge is -2.05. The zero-order valence-corrected chi connectivity index (χ0v) is 4.28. The van der Waals surface area contributed by atoms with Crippen molar-refractivity contribution in [3.63, 3.8) is 0 Å². The standard InChI is InChI=1S/C4H8F3N/c5-1-3(6)4(7)2-8/h3-4H,1-2,8H2/t3-,4+/m1/s1. The highest BCUT2D eigenvalue weighted by Gasteiger charge is 2.17. The molecule has 0 aromatic heterocycles. The second-order valence-corrected chi connectivity index (χ2v) is 1.42. The summed E-state index contributed by atoms with van der Waals surface area (Å²) in [5.41, 5.74) is 4.67. The Balaban J connectivity index is 3.29. The van der Waals surface area contributed by atoms with Gasteiger partial charge in [0.1, 0.15) is 12.8 Å². The molecule has 0 saturated carbocycles. The quantitative estimate of drug-likeness (QED) is 0.590. The summed E-state index contributed by atoms with van der Waals surface area (Å²) in [6.07, 6.45) is -3.89. The summed E-state index contributed by atoms with van der Waals surface area (Å²) in [5.74, 6) is 0. The summed E-state index contributed by atoms with van der Waals surface area (Å²) in [4.78, 5) is 0. The highest BCUT2D eigenvalue weighted by molar-refractivity contribution is 4.66. The lowest BCUT2D eigenvalue weighted by Crippen LogP contribution is -2.27. The van der Waals surface area contributed by atoms with Gasteiger partial charge in [0, 0.05) is 6.54 Å². The van der Waals surface area contributed by atoms with Gasteiger partial charge >= 0.3 is 0 Å². The lowest BCUT2D eigenvalue weighted by atomic mass is 10.3. The Morgan fingerprint density at radius 1 is 1.25 bits per heavy atom. The topological polar surface area (TPSA) is 26.0 Å². The Morgan fingerprint density at radius 3 is 1.88 bits per heavy atom. The van der Waals surface area contributed by atoms with Crippen LogP contribution in [0.4, 0.5) is 13.2 Å². The lowest BCUT2D eigenvalue weighted by molar-refractivity contribution is 0.143. The van der Waals surface area contributed by atoms with Crippen LogP contribution < -0.4 is 5.73 Å². The van der Waals surface area contributed by atoms with Crippen molar-refractivity contribution in [3.8, 4) is 0 Å². The van der Waals surface area contributed by atoms with E-state index in [1.165, 1.54) is 0 Å². The summed E-state index contributed by atoms with van der Waals surface area (Å²) < 4.78 is 34.6. The highest BCUT2D eigenvalue weighted by atomic mass is 19.2. The van der Waals surface area contributed by atoms with E-state index in [0.29, 0.717) is 0 Å². The predicted octanol–water partition coefficient (Wildman–Crippen LogP) is 0.591. The summed E-state index contributed by atoms with van der Waals surface area (Å²) >= 11 is 0. The van der Waals surface area contributed by atoms with E-state index in [9.17, 15) is 13.2 Å². The Labute approximate surface area is 45.7 Å². The van der Waals surface area contributed by atoms with Gasteiger partial charge in [-0.25, -0.2) is 13.2 Å². The minimum atomic E-state index is -2.04. The van der Waals surface area contributed by atoms with Gasteiger partial charge in [0.15, 0.2) is 6.17 Å². The maximum Gasteiger partial charge on any atom is 0.161 e. The molecule has 0 aliphatic heterocycles. The Hall–Kier alpha value is -0.250. The van der Waals surface area contributed by atoms with E-state index >= 15 is 0 Å². The molecule has 2 atom stereocenters. The number of alkyl halides is 3. The van der Waals surface area contributed by atoms with Crippen LogP contribution in [0.15, 0.2) is 0 Å². The molecule has 1 nitrogen and oxygen atoms in total. The summed E-state index contributed by atoms with van der Waals surface area (Å²) in [5, 5.41) is 0. The average molecular weight is 127 g/mol. The fourth-order valence-electron chi connectivity index (χ4n) is 0.244. The molecule has 0 unspecified atom stereocenters. The van der Waals surface area contributed by atoms with E-state index in [1.54, 1.807) is 0 Å². The molecule has 0 heterocycles. The van der Waals surface area contributed by atoms with Crippen molar-refractivity contribution >= 4 is 0 Å². The van der Waals surface area contributed by atoms with Gasteiger partial charge in [0.2, 0.25) is 0 Å². The van der Waals surface area contributed by atoms with Gasteiger partial charge in [-0.2, -0.15) is 0 Å². The normalized spacial score (nSPS) is 18.0. The molecule has 0 spiro atoms. The molecule has 4 heteroatoms. The largest absolute Gasteiger partial charge is 0.328 e. The third kappa shape index (κ3) is 2.16. The second kappa shape index (κ2) is 3.72. The molecule has 0 aliphatic carbocycles. The van der Waals surface area contributed by atoms with Crippen LogP contribution in [0.1, 0.15) is 0 Å². The van der Waals surface area contributed by atoms with Gasteiger partial charge < -0.3 is 5.73 Å². The first-order chi connectivity index (χ1) is 3.72. The van der Waals surface area contributed by atoms with Crippen molar-refractivity contribution in [2.75, 3.05) is 13.2 Å². The smallest absolute Gasteiger partial charge is 0.161 e. The molecule has 0 aromatic rings. The molecule has 2 N–H and O–H groups in total. The van der Waals surface area contributed by atoms with Gasteiger partial charge in [0.05, 0.1) is 0 Å². The van der Waals surface area contributed by atoms with Crippen LogP contribution in [0, 0.1) is 0 Å². The minimum Gasteiger partial charge on any atom is -0.328 e. The molecule has 0 saturated heterocycles. The highest BCUT2D eigenvalue weighted by Crippen LogP contribution is 2.01. The number of rotatable bonds is 3. The van der Waals surface area contributed by atoms with Crippen molar-refractivity contribution in [1.82, 2.24) is 0 Å². The second-order valence-electron chi connectivity index (χ2n) is 1.42. The molecular formula is C4H8F3N. The Kier molecular flexibility index (Phi) is 3.60. The molecule has 0 aromatic carbocycles. The van der Waals surface area contributed by atoms with E-state index in [1.807, 2.05) is 0 Å². The zero-order chi connectivity index (χ0) is 6.57. The number of hydrogen-bond donors (Lipinski definition) is 1. The molecule has 8 heavy (non-hydrogen) atoms. The first-order valence-corrected chi connectivity index (χ1v) is 2.26. The summed E-state index contributed by atoms with van der Waals surface area (Å²) in [7, 11) is 0. The molecule has 0 radical (unpaired) electrons. The van der Waals surface area contributed by atoms with Crippen LogP contribution in [-0.4, -0.2) is 25.6 Å². The number of halogens is 3. The minimum absolute atomic E-state index is 0.453. The van der Waals surface area contributed by atoms with Crippen LogP contribution in [0.2, 0.25) is 0 Å². The zero-order valence-electron chi connectivity index (χ0n) is 4.28. The molecule has 50 valence electrons. The van der Waals surface area contributed by atoms with Crippen molar-refractivity contribution in [2.45, 2.75) is 12.3 Å². The predicted molar refractivity (Wildman–Crippen MR) is 24.8 cm³/mol. The van der Waals surface area contributed by atoms with E-state index in [-0.39, 0.29) is 0 Å². The fourth-order valence-corrected chi connectivity index (χ4v) is 0.244. The van der Waals surface area contributed by atoms with Crippen LogP contribution in [0.3, 0.4) is 0 Å². The Morgan fingerprint density at radius 2 is 1.75 bits per heavy atom. The maximum absolute atomic E-state index is 11.8. The van der Waals surface area contributed by atoms with Gasteiger partial charge in [-0.15, -0.1) is 0 Å². The van der Waals surface area contributed by atoms with Crippen LogP contribution in [0.5, 0.6) is 0 Å². The SMILES string of the molecule is NC[C@H](F)[C@H](F)CF. The van der Waals surface area contributed by atoms with Crippen molar-refractivity contribution in [1.29, 1.82) is 0 Å². The van der Waals surface area contributed by atoms with E-state index in [0.717, 1.165) is 0 Å². The van der Waals surface area contributed by atoms with Crippen molar-refractivity contribution < 1.29 is 13.2 Å². The molecule has 0 aliphatic rings. The van der Waals surface area contributed by atoms with E-state index in [4.69, 9.17) is 0 Å². The first kappa shape index (κ1) is 7.75.